The molecule has 0 aliphatic heterocycles. The molecule has 6 nitrogen and oxygen atoms in total. The van der Waals surface area contributed by atoms with E-state index in [1.807, 2.05) is 0 Å². The minimum absolute atomic E-state index is 0.141. The zero-order valence-electron chi connectivity index (χ0n) is 10.1. The zero-order chi connectivity index (χ0) is 13.8. The SMILES string of the molecule is Cn1c(N)nnc1SCC(=O)Nc1cccc(F)c1. The molecule has 3 N–H and O–H groups in total. The second kappa shape index (κ2) is 5.70. The van der Waals surface area contributed by atoms with Gasteiger partial charge in [-0.25, -0.2) is 4.39 Å². The van der Waals surface area contributed by atoms with Crippen LogP contribution in [0.4, 0.5) is 16.0 Å². The van der Waals surface area contributed by atoms with Gasteiger partial charge in [0.2, 0.25) is 11.9 Å². The monoisotopic (exact) mass is 281 g/mol. The molecule has 1 heterocycles. The number of carbonyl (C=O) groups excluding carboxylic acids is 1. The molecule has 2 rings (SSSR count). The molecule has 0 saturated heterocycles. The first-order chi connectivity index (χ1) is 9.06. The van der Waals surface area contributed by atoms with E-state index in [0.29, 0.717) is 10.8 Å². The molecular weight excluding hydrogens is 269 g/mol. The van der Waals surface area contributed by atoms with Crippen molar-refractivity contribution >= 4 is 29.3 Å². The second-order valence-corrected chi connectivity index (χ2v) is 4.69. The van der Waals surface area contributed by atoms with Crippen LogP contribution in [0.3, 0.4) is 0 Å². The Balaban J connectivity index is 1.90. The minimum Gasteiger partial charge on any atom is -0.368 e. The van der Waals surface area contributed by atoms with Gasteiger partial charge in [-0.05, 0) is 18.2 Å². The van der Waals surface area contributed by atoms with Crippen LogP contribution < -0.4 is 11.1 Å². The quantitative estimate of drug-likeness (QED) is 0.824. The molecule has 0 fully saturated rings. The summed E-state index contributed by atoms with van der Waals surface area (Å²) < 4.78 is 14.5. The van der Waals surface area contributed by atoms with E-state index < -0.39 is 5.82 Å². The highest BCUT2D eigenvalue weighted by Gasteiger charge is 2.09. The first-order valence-electron chi connectivity index (χ1n) is 5.39. The average molecular weight is 281 g/mol. The standard InChI is InChI=1S/C11H12FN5OS/c1-17-10(13)15-16-11(17)19-6-9(18)14-8-4-2-3-7(12)5-8/h2-5H,6H2,1H3,(H2,13,15)(H,14,18). The number of nitrogens with zero attached hydrogens (tertiary/aromatic N) is 3. The Morgan fingerprint density at radius 3 is 2.95 bits per heavy atom. The van der Waals surface area contributed by atoms with Crippen molar-refractivity contribution in [1.29, 1.82) is 0 Å². The van der Waals surface area contributed by atoms with Gasteiger partial charge in [-0.1, -0.05) is 17.8 Å². The van der Waals surface area contributed by atoms with Crippen molar-refractivity contribution < 1.29 is 9.18 Å². The molecule has 1 aromatic carbocycles. The molecule has 2 aromatic rings. The molecular formula is C11H12FN5OS. The number of rotatable bonds is 4. The number of nitrogens with one attached hydrogen (secondary N) is 1. The maximum atomic E-state index is 12.9. The normalized spacial score (nSPS) is 10.4. The van der Waals surface area contributed by atoms with Gasteiger partial charge in [-0.2, -0.15) is 0 Å². The van der Waals surface area contributed by atoms with Crippen molar-refractivity contribution in [2.24, 2.45) is 7.05 Å². The first kappa shape index (κ1) is 13.3. The number of aromatic nitrogens is 3. The van der Waals surface area contributed by atoms with Gasteiger partial charge >= 0.3 is 0 Å². The summed E-state index contributed by atoms with van der Waals surface area (Å²) in [5.74, 6) is -0.223. The summed E-state index contributed by atoms with van der Waals surface area (Å²) in [6, 6.07) is 5.71. The number of hydrogen-bond acceptors (Lipinski definition) is 5. The van der Waals surface area contributed by atoms with E-state index in [9.17, 15) is 9.18 Å². The highest BCUT2D eigenvalue weighted by molar-refractivity contribution is 7.99. The van der Waals surface area contributed by atoms with Gasteiger partial charge in [-0.15, -0.1) is 10.2 Å². The highest BCUT2D eigenvalue weighted by Crippen LogP contribution is 2.17. The molecule has 1 aromatic heterocycles. The van der Waals surface area contributed by atoms with Gasteiger partial charge in [0.05, 0.1) is 5.75 Å². The molecule has 0 atom stereocenters. The van der Waals surface area contributed by atoms with Crippen molar-refractivity contribution in [3.63, 3.8) is 0 Å². The zero-order valence-corrected chi connectivity index (χ0v) is 10.9. The summed E-state index contributed by atoms with van der Waals surface area (Å²) in [5.41, 5.74) is 5.94. The number of carbonyl (C=O) groups is 1. The largest absolute Gasteiger partial charge is 0.368 e. The van der Waals surface area contributed by atoms with Crippen molar-refractivity contribution in [1.82, 2.24) is 14.8 Å². The Kier molecular flexibility index (Phi) is 4.00. The highest BCUT2D eigenvalue weighted by atomic mass is 32.2. The third-order valence-electron chi connectivity index (χ3n) is 2.31. The maximum absolute atomic E-state index is 12.9. The number of amides is 1. The predicted octanol–water partition coefficient (Wildman–Crippen LogP) is 1.27. The summed E-state index contributed by atoms with van der Waals surface area (Å²) >= 11 is 1.20. The van der Waals surface area contributed by atoms with E-state index in [1.165, 1.54) is 30.0 Å². The summed E-state index contributed by atoms with van der Waals surface area (Å²) in [6.07, 6.45) is 0. The lowest BCUT2D eigenvalue weighted by atomic mass is 10.3. The van der Waals surface area contributed by atoms with E-state index >= 15 is 0 Å². The lowest BCUT2D eigenvalue weighted by Gasteiger charge is -2.04. The Morgan fingerprint density at radius 2 is 2.32 bits per heavy atom. The van der Waals surface area contributed by atoms with E-state index in [1.54, 1.807) is 17.7 Å². The lowest BCUT2D eigenvalue weighted by molar-refractivity contribution is -0.113. The van der Waals surface area contributed by atoms with Crippen LogP contribution in [0.1, 0.15) is 0 Å². The van der Waals surface area contributed by atoms with Gasteiger partial charge in [0.25, 0.3) is 0 Å². The van der Waals surface area contributed by atoms with Crippen molar-refractivity contribution in [3.05, 3.63) is 30.1 Å². The van der Waals surface area contributed by atoms with Gasteiger partial charge in [0, 0.05) is 12.7 Å². The lowest BCUT2D eigenvalue weighted by Crippen LogP contribution is -2.14. The number of anilines is 2. The second-order valence-electron chi connectivity index (χ2n) is 3.75. The van der Waals surface area contributed by atoms with Crippen LogP contribution in [0, 0.1) is 5.82 Å². The molecule has 0 radical (unpaired) electrons. The van der Waals surface area contributed by atoms with Crippen LogP contribution in [0.5, 0.6) is 0 Å². The Bertz CT molecular complexity index is 601. The van der Waals surface area contributed by atoms with Crippen molar-refractivity contribution in [3.8, 4) is 0 Å². The van der Waals surface area contributed by atoms with E-state index in [0.717, 1.165) is 0 Å². The van der Waals surface area contributed by atoms with Gasteiger partial charge in [0.1, 0.15) is 5.82 Å². The fourth-order valence-electron chi connectivity index (χ4n) is 1.35. The van der Waals surface area contributed by atoms with Crippen LogP contribution >= 0.6 is 11.8 Å². The summed E-state index contributed by atoms with van der Waals surface area (Å²) in [6.45, 7) is 0. The Hall–Kier alpha value is -2.09. The molecule has 0 bridgehead atoms. The Morgan fingerprint density at radius 1 is 1.53 bits per heavy atom. The third-order valence-corrected chi connectivity index (χ3v) is 3.33. The molecule has 0 aliphatic rings. The van der Waals surface area contributed by atoms with Crippen LogP contribution in [0.2, 0.25) is 0 Å². The van der Waals surface area contributed by atoms with E-state index in [2.05, 4.69) is 15.5 Å². The smallest absolute Gasteiger partial charge is 0.234 e. The molecule has 0 saturated carbocycles. The number of hydrogen-bond donors (Lipinski definition) is 2. The van der Waals surface area contributed by atoms with Crippen LogP contribution in [0.15, 0.2) is 29.4 Å². The fourth-order valence-corrected chi connectivity index (χ4v) is 2.06. The third kappa shape index (κ3) is 3.44. The molecule has 0 unspecified atom stereocenters. The average Bonchev–Trinajstić information content (AvgIpc) is 2.68. The molecule has 19 heavy (non-hydrogen) atoms. The Labute approximate surface area is 113 Å². The number of nitrogens with two attached hydrogens (primary N) is 1. The van der Waals surface area contributed by atoms with Crippen LogP contribution in [0.25, 0.3) is 0 Å². The van der Waals surface area contributed by atoms with E-state index in [4.69, 9.17) is 5.73 Å². The van der Waals surface area contributed by atoms with Gasteiger partial charge < -0.3 is 11.1 Å². The van der Waals surface area contributed by atoms with Crippen molar-refractivity contribution in [2.45, 2.75) is 5.16 Å². The molecule has 100 valence electrons. The molecule has 1 amide bonds. The minimum atomic E-state index is -0.397. The predicted molar refractivity (Wildman–Crippen MR) is 71.2 cm³/mol. The topological polar surface area (TPSA) is 85.8 Å². The molecule has 0 aliphatic carbocycles. The fraction of sp³-hybridized carbons (Fsp3) is 0.182. The van der Waals surface area contributed by atoms with Crippen molar-refractivity contribution in [2.75, 3.05) is 16.8 Å². The number of benzene rings is 1. The summed E-state index contributed by atoms with van der Waals surface area (Å²) in [5, 5.41) is 10.6. The maximum Gasteiger partial charge on any atom is 0.234 e. The summed E-state index contributed by atoms with van der Waals surface area (Å²) in [4.78, 5) is 11.7. The first-order valence-corrected chi connectivity index (χ1v) is 6.38. The number of nitrogen functional groups attached to an aromatic ring is 1. The summed E-state index contributed by atoms with van der Waals surface area (Å²) in [7, 11) is 1.71. The number of halogens is 1. The molecule has 0 spiro atoms. The molecule has 8 heteroatoms. The van der Waals surface area contributed by atoms with Gasteiger partial charge in [-0.3, -0.25) is 9.36 Å². The van der Waals surface area contributed by atoms with Gasteiger partial charge in [0.15, 0.2) is 5.16 Å². The van der Waals surface area contributed by atoms with E-state index in [-0.39, 0.29) is 17.6 Å². The van der Waals surface area contributed by atoms with Crippen LogP contribution in [-0.2, 0) is 11.8 Å². The number of thioether (sulfide) groups is 1. The van der Waals surface area contributed by atoms with Crippen LogP contribution in [-0.4, -0.2) is 26.4 Å².